The molecule has 3 N–H and O–H groups in total. The Labute approximate surface area is 70.7 Å². The van der Waals surface area contributed by atoms with Gasteiger partial charge < -0.3 is 5.73 Å². The lowest BCUT2D eigenvalue weighted by Crippen LogP contribution is -2.11. The highest BCUT2D eigenvalue weighted by atomic mass is 19.1. The Morgan fingerprint density at radius 1 is 1.58 bits per heavy atom. The van der Waals surface area contributed by atoms with E-state index in [9.17, 15) is 4.39 Å². The van der Waals surface area contributed by atoms with E-state index < -0.39 is 0 Å². The van der Waals surface area contributed by atoms with Gasteiger partial charge >= 0.3 is 0 Å². The molecule has 12 heavy (non-hydrogen) atoms. The van der Waals surface area contributed by atoms with Gasteiger partial charge in [-0.15, -0.1) is 0 Å². The van der Waals surface area contributed by atoms with E-state index >= 15 is 0 Å². The second-order valence-electron chi connectivity index (χ2n) is 2.47. The minimum absolute atomic E-state index is 0.121. The highest BCUT2D eigenvalue weighted by Crippen LogP contribution is 2.10. The third kappa shape index (κ3) is 1.61. The van der Waals surface area contributed by atoms with E-state index in [2.05, 4.69) is 6.92 Å². The topological polar surface area (TPSA) is 49.9 Å². The van der Waals surface area contributed by atoms with E-state index in [4.69, 9.17) is 11.1 Å². The molecule has 63 valence electrons. The standard InChI is InChI=1S/C9H10FN2/c1-2-6-3-4-7(9(11)12)5-8(6)10/h3-5H,1-2H2,(H3,11,12). The Morgan fingerprint density at radius 2 is 2.25 bits per heavy atom. The molecule has 1 radical (unpaired) electrons. The maximum Gasteiger partial charge on any atom is 0.127 e. The lowest BCUT2D eigenvalue weighted by Gasteiger charge is -2.01. The zero-order chi connectivity index (χ0) is 9.14. The molecule has 0 spiro atoms. The van der Waals surface area contributed by atoms with Crippen LogP contribution in [-0.2, 0) is 6.42 Å². The predicted molar refractivity (Wildman–Crippen MR) is 46.5 cm³/mol. The van der Waals surface area contributed by atoms with Crippen LogP contribution in [-0.4, -0.2) is 5.84 Å². The molecular formula is C9H10FN2. The molecule has 1 aromatic rings. The molecule has 0 aromatic heterocycles. The lowest BCUT2D eigenvalue weighted by atomic mass is 10.1. The first-order chi connectivity index (χ1) is 5.65. The second kappa shape index (κ2) is 3.34. The molecule has 0 heterocycles. The number of nitrogens with two attached hydrogens (primary N) is 1. The maximum atomic E-state index is 13.0. The molecule has 0 aliphatic carbocycles. The molecule has 0 bridgehead atoms. The van der Waals surface area contributed by atoms with Crippen LogP contribution in [0.25, 0.3) is 0 Å². The number of halogens is 1. The van der Waals surface area contributed by atoms with Crippen LogP contribution in [0.3, 0.4) is 0 Å². The lowest BCUT2D eigenvalue weighted by molar-refractivity contribution is 0.614. The van der Waals surface area contributed by atoms with Crippen molar-refractivity contribution in [1.82, 2.24) is 0 Å². The van der Waals surface area contributed by atoms with Crippen molar-refractivity contribution in [2.24, 2.45) is 5.73 Å². The van der Waals surface area contributed by atoms with E-state index in [1.165, 1.54) is 6.07 Å². The molecule has 0 fully saturated rings. The van der Waals surface area contributed by atoms with Crippen LogP contribution in [0, 0.1) is 18.2 Å². The molecule has 0 amide bonds. The van der Waals surface area contributed by atoms with E-state index in [1.54, 1.807) is 12.1 Å². The summed E-state index contributed by atoms with van der Waals surface area (Å²) in [6, 6.07) is 4.47. The van der Waals surface area contributed by atoms with E-state index in [0.29, 0.717) is 17.5 Å². The van der Waals surface area contributed by atoms with Gasteiger partial charge in [-0.2, -0.15) is 0 Å². The van der Waals surface area contributed by atoms with Gasteiger partial charge in [-0.3, -0.25) is 5.41 Å². The first-order valence-corrected chi connectivity index (χ1v) is 3.57. The minimum atomic E-state index is -0.349. The van der Waals surface area contributed by atoms with Gasteiger partial charge in [0.05, 0.1) is 0 Å². The molecular weight excluding hydrogens is 155 g/mol. The van der Waals surface area contributed by atoms with Gasteiger partial charge in [0.25, 0.3) is 0 Å². The summed E-state index contributed by atoms with van der Waals surface area (Å²) >= 11 is 0. The molecule has 0 aliphatic rings. The molecule has 0 atom stereocenters. The molecule has 3 heteroatoms. The average Bonchev–Trinajstić information content (AvgIpc) is 2.04. The van der Waals surface area contributed by atoms with Crippen molar-refractivity contribution in [2.45, 2.75) is 6.42 Å². The summed E-state index contributed by atoms with van der Waals surface area (Å²) in [5, 5.41) is 7.06. The zero-order valence-corrected chi connectivity index (χ0v) is 6.60. The maximum absolute atomic E-state index is 13.0. The highest BCUT2D eigenvalue weighted by molar-refractivity contribution is 5.94. The van der Waals surface area contributed by atoms with Crippen molar-refractivity contribution >= 4 is 5.84 Å². The van der Waals surface area contributed by atoms with Crippen LogP contribution in [0.4, 0.5) is 4.39 Å². The van der Waals surface area contributed by atoms with Gasteiger partial charge in [0.15, 0.2) is 0 Å². The van der Waals surface area contributed by atoms with Crippen molar-refractivity contribution in [2.75, 3.05) is 0 Å². The third-order valence-corrected chi connectivity index (χ3v) is 1.63. The predicted octanol–water partition coefficient (Wildman–Crippen LogP) is 1.49. The summed E-state index contributed by atoms with van der Waals surface area (Å²) in [5.74, 6) is -0.470. The number of nitrogens with one attached hydrogen (secondary N) is 1. The van der Waals surface area contributed by atoms with Crippen LogP contribution in [0.2, 0.25) is 0 Å². The van der Waals surface area contributed by atoms with Crippen molar-refractivity contribution < 1.29 is 4.39 Å². The number of nitrogen functional groups attached to an aromatic ring is 1. The minimum Gasteiger partial charge on any atom is -0.384 e. The Hall–Kier alpha value is -1.38. The summed E-state index contributed by atoms with van der Waals surface area (Å²) in [6.45, 7) is 3.57. The van der Waals surface area contributed by atoms with E-state index in [0.717, 1.165) is 0 Å². The van der Waals surface area contributed by atoms with Crippen LogP contribution in [0.5, 0.6) is 0 Å². The van der Waals surface area contributed by atoms with Gasteiger partial charge in [-0.25, -0.2) is 4.39 Å². The SMILES string of the molecule is [CH2]Cc1ccc(C(=N)N)cc1F. The third-order valence-electron chi connectivity index (χ3n) is 1.63. The van der Waals surface area contributed by atoms with E-state index in [1.807, 2.05) is 0 Å². The average molecular weight is 165 g/mol. The van der Waals surface area contributed by atoms with Crippen molar-refractivity contribution in [1.29, 1.82) is 5.41 Å². The molecule has 0 aliphatic heterocycles. The molecule has 1 rings (SSSR count). The van der Waals surface area contributed by atoms with Crippen molar-refractivity contribution in [3.63, 3.8) is 0 Å². The fourth-order valence-corrected chi connectivity index (χ4v) is 0.918. The van der Waals surface area contributed by atoms with Crippen molar-refractivity contribution in [3.05, 3.63) is 42.1 Å². The van der Waals surface area contributed by atoms with Gasteiger partial charge in [-0.05, 0) is 25.0 Å². The van der Waals surface area contributed by atoms with Gasteiger partial charge in [-0.1, -0.05) is 12.1 Å². The number of hydrogen-bond acceptors (Lipinski definition) is 1. The van der Waals surface area contributed by atoms with E-state index in [-0.39, 0.29) is 11.7 Å². The zero-order valence-electron chi connectivity index (χ0n) is 6.60. The Morgan fingerprint density at radius 3 is 2.67 bits per heavy atom. The highest BCUT2D eigenvalue weighted by Gasteiger charge is 2.02. The normalized spacial score (nSPS) is 9.83. The molecule has 0 saturated heterocycles. The smallest absolute Gasteiger partial charge is 0.127 e. The summed E-state index contributed by atoms with van der Waals surface area (Å²) in [6.07, 6.45) is 0.407. The van der Waals surface area contributed by atoms with Crippen LogP contribution >= 0.6 is 0 Å². The number of benzene rings is 1. The summed E-state index contributed by atoms with van der Waals surface area (Å²) < 4.78 is 13.0. The monoisotopic (exact) mass is 165 g/mol. The Kier molecular flexibility index (Phi) is 2.43. The Bertz CT molecular complexity index is 307. The first kappa shape index (κ1) is 8.71. The van der Waals surface area contributed by atoms with Gasteiger partial charge in [0.2, 0.25) is 0 Å². The van der Waals surface area contributed by atoms with Gasteiger partial charge in [0, 0.05) is 5.56 Å². The van der Waals surface area contributed by atoms with Gasteiger partial charge in [0.1, 0.15) is 11.7 Å². The number of rotatable bonds is 2. The molecule has 1 aromatic carbocycles. The fourth-order valence-electron chi connectivity index (χ4n) is 0.918. The molecule has 0 saturated carbocycles. The molecule has 0 unspecified atom stereocenters. The summed E-state index contributed by atoms with van der Waals surface area (Å²) in [5.41, 5.74) is 6.12. The molecule has 2 nitrogen and oxygen atoms in total. The number of amidine groups is 1. The van der Waals surface area contributed by atoms with Crippen LogP contribution < -0.4 is 5.73 Å². The largest absolute Gasteiger partial charge is 0.384 e. The number of hydrogen-bond donors (Lipinski definition) is 2. The summed E-state index contributed by atoms with van der Waals surface area (Å²) in [7, 11) is 0. The van der Waals surface area contributed by atoms with Crippen molar-refractivity contribution in [3.8, 4) is 0 Å². The van der Waals surface area contributed by atoms with Crippen LogP contribution in [0.15, 0.2) is 18.2 Å². The Balaban J connectivity index is 3.10. The van der Waals surface area contributed by atoms with Crippen LogP contribution in [0.1, 0.15) is 11.1 Å². The summed E-state index contributed by atoms with van der Waals surface area (Å²) in [4.78, 5) is 0. The second-order valence-corrected chi connectivity index (χ2v) is 2.47. The quantitative estimate of drug-likeness (QED) is 0.506. The first-order valence-electron chi connectivity index (χ1n) is 3.57. The fraction of sp³-hybridized carbons (Fsp3) is 0.111.